The fourth-order valence-corrected chi connectivity index (χ4v) is 1.67. The highest BCUT2D eigenvalue weighted by Gasteiger charge is 2.03. The summed E-state index contributed by atoms with van der Waals surface area (Å²) in [5.74, 6) is -0.113. The van der Waals surface area contributed by atoms with Crippen LogP contribution >= 0.6 is 0 Å². The van der Waals surface area contributed by atoms with Gasteiger partial charge in [0.25, 0.3) is 0 Å². The summed E-state index contributed by atoms with van der Waals surface area (Å²) in [6.07, 6.45) is 1.09. The van der Waals surface area contributed by atoms with Crippen LogP contribution in [0.5, 0.6) is 0 Å². The van der Waals surface area contributed by atoms with Crippen LogP contribution in [0.15, 0.2) is 0 Å². The third-order valence-electron chi connectivity index (χ3n) is 2.99. The van der Waals surface area contributed by atoms with Gasteiger partial charge in [0, 0.05) is 32.4 Å². The van der Waals surface area contributed by atoms with Crippen molar-refractivity contribution in [3.63, 3.8) is 0 Å². The van der Waals surface area contributed by atoms with Crippen molar-refractivity contribution >= 4 is 17.6 Å². The van der Waals surface area contributed by atoms with Crippen LogP contribution in [-0.4, -0.2) is 69.8 Å². The van der Waals surface area contributed by atoms with Crippen LogP contribution in [0.3, 0.4) is 0 Å². The van der Waals surface area contributed by atoms with Crippen molar-refractivity contribution in [2.75, 3.05) is 46.1 Å². The molecule has 0 aliphatic rings. The molecule has 0 spiro atoms. The molecule has 2 N–H and O–H groups in total. The maximum absolute atomic E-state index is 11.5. The standard InChI is InChI=1S/C17H32N2O6/c1-14(2)25-11-6-17(22)19-8-13-24-10-5-16(21)18-7-12-23-9-4-15(3)20/h14H,4-13H2,1-3H3,(H,18,21)(H,19,22). The second-order valence-electron chi connectivity index (χ2n) is 5.80. The van der Waals surface area contributed by atoms with Gasteiger partial charge in [-0.2, -0.15) is 0 Å². The van der Waals surface area contributed by atoms with Gasteiger partial charge in [-0.15, -0.1) is 0 Å². The summed E-state index contributed by atoms with van der Waals surface area (Å²) in [4.78, 5) is 33.7. The molecule has 0 rings (SSSR count). The minimum Gasteiger partial charge on any atom is -0.379 e. The first-order valence-corrected chi connectivity index (χ1v) is 8.71. The molecule has 0 aromatic carbocycles. The number of nitrogens with one attached hydrogen (secondary N) is 2. The molecule has 0 aromatic heterocycles. The molecule has 0 fully saturated rings. The Morgan fingerprint density at radius 1 is 0.760 bits per heavy atom. The lowest BCUT2D eigenvalue weighted by Gasteiger charge is -2.09. The third-order valence-corrected chi connectivity index (χ3v) is 2.99. The number of ketones is 1. The first-order valence-electron chi connectivity index (χ1n) is 8.71. The zero-order valence-electron chi connectivity index (χ0n) is 15.6. The van der Waals surface area contributed by atoms with Crippen molar-refractivity contribution in [2.24, 2.45) is 0 Å². The van der Waals surface area contributed by atoms with E-state index >= 15 is 0 Å². The number of ether oxygens (including phenoxy) is 3. The monoisotopic (exact) mass is 360 g/mol. The zero-order chi connectivity index (χ0) is 18.9. The number of rotatable bonds is 16. The fourth-order valence-electron chi connectivity index (χ4n) is 1.67. The highest BCUT2D eigenvalue weighted by molar-refractivity contribution is 5.76. The SMILES string of the molecule is CC(=O)CCOCCNC(=O)CCOCCNC(=O)CCOC(C)C. The number of carbonyl (C=O) groups is 3. The van der Waals surface area contributed by atoms with Gasteiger partial charge in [-0.25, -0.2) is 0 Å². The Bertz CT molecular complexity index is 387. The average molecular weight is 360 g/mol. The van der Waals surface area contributed by atoms with Crippen LogP contribution in [-0.2, 0) is 28.6 Å². The van der Waals surface area contributed by atoms with Gasteiger partial charge >= 0.3 is 0 Å². The molecule has 0 bridgehead atoms. The normalized spacial score (nSPS) is 10.7. The minimum atomic E-state index is -0.120. The molecular formula is C17H32N2O6. The molecule has 0 heterocycles. The van der Waals surface area contributed by atoms with Crippen LogP contribution in [0.4, 0.5) is 0 Å². The van der Waals surface area contributed by atoms with Crippen molar-refractivity contribution in [1.82, 2.24) is 10.6 Å². The van der Waals surface area contributed by atoms with Gasteiger partial charge < -0.3 is 24.8 Å². The Hall–Kier alpha value is -1.51. The molecule has 0 aromatic rings. The van der Waals surface area contributed by atoms with Gasteiger partial charge in [-0.1, -0.05) is 0 Å². The summed E-state index contributed by atoms with van der Waals surface area (Å²) < 4.78 is 15.8. The lowest BCUT2D eigenvalue weighted by atomic mass is 10.3. The van der Waals surface area contributed by atoms with Crippen molar-refractivity contribution in [3.8, 4) is 0 Å². The second kappa shape index (κ2) is 16.0. The summed E-state index contributed by atoms with van der Waals surface area (Å²) in [7, 11) is 0. The summed E-state index contributed by atoms with van der Waals surface area (Å²) in [5.41, 5.74) is 0. The molecule has 0 radical (unpaired) electrons. The molecule has 2 amide bonds. The summed E-state index contributed by atoms with van der Waals surface area (Å²) in [5, 5.41) is 5.42. The summed E-state index contributed by atoms with van der Waals surface area (Å²) in [6, 6.07) is 0. The van der Waals surface area contributed by atoms with Gasteiger partial charge in [0.1, 0.15) is 5.78 Å². The van der Waals surface area contributed by atoms with E-state index in [2.05, 4.69) is 10.6 Å². The quantitative estimate of drug-likeness (QED) is 0.387. The van der Waals surface area contributed by atoms with Crippen LogP contribution in [0.1, 0.15) is 40.0 Å². The van der Waals surface area contributed by atoms with E-state index in [-0.39, 0.29) is 30.1 Å². The minimum absolute atomic E-state index is 0.0771. The third kappa shape index (κ3) is 18.7. The van der Waals surface area contributed by atoms with Crippen molar-refractivity contribution in [2.45, 2.75) is 46.1 Å². The predicted octanol–water partition coefficient (Wildman–Crippen LogP) is 0.436. The Morgan fingerprint density at radius 2 is 1.24 bits per heavy atom. The number of hydrogen-bond acceptors (Lipinski definition) is 6. The smallest absolute Gasteiger partial charge is 0.222 e. The molecule has 8 heteroatoms. The van der Waals surface area contributed by atoms with E-state index in [1.54, 1.807) is 0 Å². The largest absolute Gasteiger partial charge is 0.379 e. The first kappa shape index (κ1) is 23.5. The zero-order valence-corrected chi connectivity index (χ0v) is 15.6. The van der Waals surface area contributed by atoms with Crippen LogP contribution in [0.25, 0.3) is 0 Å². The first-order chi connectivity index (χ1) is 11.9. The van der Waals surface area contributed by atoms with Crippen molar-refractivity contribution in [1.29, 1.82) is 0 Å². The molecule has 0 aliphatic heterocycles. The lowest BCUT2D eigenvalue weighted by Crippen LogP contribution is -2.30. The lowest BCUT2D eigenvalue weighted by molar-refractivity contribution is -0.124. The highest BCUT2D eigenvalue weighted by atomic mass is 16.5. The van der Waals surface area contributed by atoms with Gasteiger partial charge in [0.2, 0.25) is 11.8 Å². The van der Waals surface area contributed by atoms with E-state index in [0.717, 1.165) is 0 Å². The molecule has 25 heavy (non-hydrogen) atoms. The predicted molar refractivity (Wildman–Crippen MR) is 93.3 cm³/mol. The van der Waals surface area contributed by atoms with E-state index in [0.29, 0.717) is 59.0 Å². The number of amides is 2. The molecule has 146 valence electrons. The van der Waals surface area contributed by atoms with Crippen molar-refractivity contribution in [3.05, 3.63) is 0 Å². The number of hydrogen-bond donors (Lipinski definition) is 2. The van der Waals surface area contributed by atoms with Crippen molar-refractivity contribution < 1.29 is 28.6 Å². The molecule has 0 aliphatic carbocycles. The highest BCUT2D eigenvalue weighted by Crippen LogP contribution is 1.90. The number of carbonyl (C=O) groups excluding carboxylic acids is 3. The molecule has 0 unspecified atom stereocenters. The summed E-state index contributed by atoms with van der Waals surface area (Å²) >= 11 is 0. The van der Waals surface area contributed by atoms with Crippen LogP contribution in [0.2, 0.25) is 0 Å². The van der Waals surface area contributed by atoms with Crippen LogP contribution < -0.4 is 10.6 Å². The van der Waals surface area contributed by atoms with E-state index in [4.69, 9.17) is 14.2 Å². The fraction of sp³-hybridized carbons (Fsp3) is 0.824. The maximum Gasteiger partial charge on any atom is 0.222 e. The maximum atomic E-state index is 11.5. The summed E-state index contributed by atoms with van der Waals surface area (Å²) in [6.45, 7) is 7.99. The molecular weight excluding hydrogens is 328 g/mol. The Labute approximate surface area is 150 Å². The second-order valence-corrected chi connectivity index (χ2v) is 5.80. The Balaban J connectivity index is 3.34. The van der Waals surface area contributed by atoms with E-state index in [9.17, 15) is 14.4 Å². The van der Waals surface area contributed by atoms with Gasteiger partial charge in [-0.3, -0.25) is 14.4 Å². The average Bonchev–Trinajstić information content (AvgIpc) is 2.53. The molecule has 8 nitrogen and oxygen atoms in total. The molecule has 0 saturated carbocycles. The Kier molecular flexibility index (Phi) is 15.0. The topological polar surface area (TPSA) is 103 Å². The van der Waals surface area contributed by atoms with E-state index in [1.165, 1.54) is 6.92 Å². The van der Waals surface area contributed by atoms with Crippen LogP contribution in [0, 0.1) is 0 Å². The Morgan fingerprint density at radius 3 is 1.72 bits per heavy atom. The van der Waals surface area contributed by atoms with Gasteiger partial charge in [0.05, 0.1) is 39.1 Å². The van der Waals surface area contributed by atoms with E-state index < -0.39 is 0 Å². The van der Waals surface area contributed by atoms with E-state index in [1.807, 2.05) is 13.8 Å². The van der Waals surface area contributed by atoms with Gasteiger partial charge in [0.15, 0.2) is 0 Å². The number of Topliss-reactive ketones (excluding diaryl/α,β-unsaturated/α-hetero) is 1. The molecule has 0 saturated heterocycles. The molecule has 0 atom stereocenters. The van der Waals surface area contributed by atoms with Gasteiger partial charge in [-0.05, 0) is 20.8 Å².